The average Bonchev–Trinajstić information content (AvgIpc) is 3.11. The van der Waals surface area contributed by atoms with Gasteiger partial charge in [0.05, 0.1) is 24.2 Å². The molecule has 8 nitrogen and oxygen atoms in total. The van der Waals surface area contributed by atoms with Crippen LogP contribution in [0.25, 0.3) is 10.8 Å². The molecule has 47 heavy (non-hydrogen) atoms. The number of hydrogen-bond donors (Lipinski definition) is 1. The molecule has 0 saturated carbocycles. The maximum atomic E-state index is 13.8. The molecule has 0 aliphatic carbocycles. The van der Waals surface area contributed by atoms with Gasteiger partial charge in [-0.15, -0.1) is 0 Å². The molecule has 4 atom stereocenters. The van der Waals surface area contributed by atoms with Gasteiger partial charge in [-0.2, -0.15) is 0 Å². The van der Waals surface area contributed by atoms with Gasteiger partial charge in [-0.1, -0.05) is 78.3 Å². The first kappa shape index (κ1) is 33.5. The third-order valence-electron chi connectivity index (χ3n) is 9.16. The zero-order valence-corrected chi connectivity index (χ0v) is 29.3. The molecular weight excluding hydrogens is 727 g/mol. The van der Waals surface area contributed by atoms with Gasteiger partial charge in [0.15, 0.2) is 0 Å². The van der Waals surface area contributed by atoms with Crippen LogP contribution in [0, 0.1) is 0 Å². The molecule has 6 rings (SSSR count). The first-order valence-corrected chi connectivity index (χ1v) is 17.7. The van der Waals surface area contributed by atoms with E-state index in [0.717, 1.165) is 53.2 Å². The highest BCUT2D eigenvalue weighted by molar-refractivity contribution is 14.1. The maximum absolute atomic E-state index is 13.8. The van der Waals surface area contributed by atoms with Crippen LogP contribution < -0.4 is 10.2 Å². The second kappa shape index (κ2) is 15.7. The van der Waals surface area contributed by atoms with Gasteiger partial charge in [-0.05, 0) is 82.1 Å². The molecule has 2 saturated heterocycles. The molecule has 2 amide bonds. The third kappa shape index (κ3) is 8.38. The van der Waals surface area contributed by atoms with E-state index in [1.807, 2.05) is 78.9 Å². The van der Waals surface area contributed by atoms with Gasteiger partial charge in [0.25, 0.3) is 0 Å². The summed E-state index contributed by atoms with van der Waals surface area (Å²) in [6.45, 7) is 4.17. The number of piperidine rings is 1. The van der Waals surface area contributed by atoms with Crippen LogP contribution in [0.5, 0.6) is 0 Å². The average molecular weight is 767 g/mol. The van der Waals surface area contributed by atoms with Crippen molar-refractivity contribution in [3.63, 3.8) is 0 Å². The van der Waals surface area contributed by atoms with Crippen LogP contribution in [0.4, 0.5) is 10.5 Å². The van der Waals surface area contributed by atoms with Crippen LogP contribution in [0.1, 0.15) is 22.3 Å². The molecule has 10 heteroatoms. The van der Waals surface area contributed by atoms with E-state index in [4.69, 9.17) is 21.1 Å². The molecule has 2 unspecified atom stereocenters. The number of esters is 1. The Morgan fingerprint density at radius 3 is 2.38 bits per heavy atom. The van der Waals surface area contributed by atoms with E-state index >= 15 is 0 Å². The van der Waals surface area contributed by atoms with Crippen molar-refractivity contribution >= 4 is 62.7 Å². The smallest absolute Gasteiger partial charge is 0.338 e. The van der Waals surface area contributed by atoms with Crippen molar-refractivity contribution in [1.82, 2.24) is 15.1 Å². The minimum Gasteiger partial charge on any atom is -0.455 e. The Morgan fingerprint density at radius 1 is 0.894 bits per heavy atom. The Labute approximate surface area is 295 Å². The number of likely N-dealkylation sites (tertiary alicyclic amines) is 1. The first-order chi connectivity index (χ1) is 22.9. The lowest BCUT2D eigenvalue weighted by Crippen LogP contribution is -2.62. The second-order valence-electron chi connectivity index (χ2n) is 12.1. The number of carbonyl (C=O) groups excluding carboxylic acids is 2. The normalized spacial score (nSPS) is 20.1. The third-order valence-corrected chi connectivity index (χ3v) is 10.8. The molecule has 4 aromatic carbocycles. The van der Waals surface area contributed by atoms with E-state index < -0.39 is 6.10 Å². The number of amides is 2. The summed E-state index contributed by atoms with van der Waals surface area (Å²) in [6.07, 6.45) is 0.847. The molecule has 0 radical (unpaired) electrons. The van der Waals surface area contributed by atoms with Gasteiger partial charge in [0, 0.05) is 50.5 Å². The van der Waals surface area contributed by atoms with Gasteiger partial charge in [0.2, 0.25) is 0 Å². The fourth-order valence-corrected chi connectivity index (χ4v) is 7.24. The van der Waals surface area contributed by atoms with Crippen LogP contribution in [-0.4, -0.2) is 90.5 Å². The number of methoxy groups -OCH3 is 1. The highest BCUT2D eigenvalue weighted by atomic mass is 127. The number of piperazine rings is 1. The molecule has 0 bridgehead atoms. The molecule has 2 fully saturated rings. The van der Waals surface area contributed by atoms with Gasteiger partial charge in [-0.3, -0.25) is 4.90 Å². The number of hydrogen-bond acceptors (Lipinski definition) is 6. The zero-order chi connectivity index (χ0) is 32.8. The van der Waals surface area contributed by atoms with Crippen molar-refractivity contribution in [2.45, 2.75) is 35.1 Å². The Balaban J connectivity index is 1.17. The summed E-state index contributed by atoms with van der Waals surface area (Å²) in [5, 5.41) is 5.99. The number of anilines is 1. The van der Waals surface area contributed by atoms with Crippen LogP contribution in [0.2, 0.25) is 5.02 Å². The van der Waals surface area contributed by atoms with Crippen LogP contribution in [-0.2, 0) is 15.9 Å². The summed E-state index contributed by atoms with van der Waals surface area (Å²) < 4.78 is 11.7. The summed E-state index contributed by atoms with van der Waals surface area (Å²) in [4.78, 5) is 33.9. The number of fused-ring (bicyclic) bond motifs is 1. The molecule has 246 valence electrons. The van der Waals surface area contributed by atoms with E-state index in [2.05, 4.69) is 55.9 Å². The minimum absolute atomic E-state index is 0.0126. The quantitative estimate of drug-likeness (QED) is 0.117. The van der Waals surface area contributed by atoms with Crippen molar-refractivity contribution in [1.29, 1.82) is 0 Å². The summed E-state index contributed by atoms with van der Waals surface area (Å²) in [5.41, 5.74) is 2.73. The Morgan fingerprint density at radius 2 is 1.64 bits per heavy atom. The van der Waals surface area contributed by atoms with Gasteiger partial charge in [-0.25, -0.2) is 9.59 Å². The Kier molecular flexibility index (Phi) is 11.2. The van der Waals surface area contributed by atoms with Gasteiger partial charge >= 0.3 is 12.0 Å². The van der Waals surface area contributed by atoms with Gasteiger partial charge in [0.1, 0.15) is 10.2 Å². The van der Waals surface area contributed by atoms with Crippen LogP contribution >= 0.6 is 34.2 Å². The largest absolute Gasteiger partial charge is 0.455 e. The number of alkyl halides is 1. The predicted octanol–water partition coefficient (Wildman–Crippen LogP) is 6.64. The summed E-state index contributed by atoms with van der Waals surface area (Å²) in [7, 11) is 1.65. The summed E-state index contributed by atoms with van der Waals surface area (Å²) >= 11 is 8.50. The standard InChI is InChI=1S/C37H40ClIN4O4/c1-46-35(39)32(22-26-8-3-2-4-9-26)40-37(45)43-17-16-33(42-20-18-41(19-21-42)31-13-7-12-30(38)24-31)34(25-43)47-36(44)29-15-14-27-10-5-6-11-28(27)23-29/h2-15,23-24,32-35H,16-22,25H2,1H3,(H,40,45)/t32?,33-,34-,35?/m1/s1. The van der Waals surface area contributed by atoms with E-state index in [0.29, 0.717) is 31.5 Å². The molecule has 2 aliphatic heterocycles. The van der Waals surface area contributed by atoms with E-state index in [-0.39, 0.29) is 28.2 Å². The predicted molar refractivity (Wildman–Crippen MR) is 196 cm³/mol. The number of rotatable bonds is 9. The molecule has 2 aliphatic rings. The van der Waals surface area contributed by atoms with Crippen molar-refractivity contribution in [2.75, 3.05) is 51.3 Å². The molecule has 1 N–H and O–H groups in total. The van der Waals surface area contributed by atoms with E-state index in [9.17, 15) is 9.59 Å². The number of carbonyl (C=O) groups is 2. The van der Waals surface area contributed by atoms with E-state index in [1.54, 1.807) is 12.0 Å². The number of nitrogens with zero attached hydrogens (tertiary/aromatic N) is 3. The molecule has 0 spiro atoms. The Bertz CT molecular complexity index is 1670. The molecule has 0 aromatic heterocycles. The van der Waals surface area contributed by atoms with Gasteiger partial charge < -0.3 is 24.6 Å². The number of nitrogens with one attached hydrogen (secondary N) is 1. The lowest BCUT2D eigenvalue weighted by atomic mass is 9.98. The Hall–Kier alpha value is -3.38. The monoisotopic (exact) mass is 766 g/mol. The zero-order valence-electron chi connectivity index (χ0n) is 26.4. The van der Waals surface area contributed by atoms with E-state index in [1.165, 1.54) is 0 Å². The van der Waals surface area contributed by atoms with Crippen LogP contribution in [0.3, 0.4) is 0 Å². The summed E-state index contributed by atoms with van der Waals surface area (Å²) in [5.74, 6) is -0.376. The number of urea groups is 1. The number of ether oxygens (including phenoxy) is 2. The maximum Gasteiger partial charge on any atom is 0.338 e. The number of benzene rings is 4. The highest BCUT2D eigenvalue weighted by Gasteiger charge is 2.39. The lowest BCUT2D eigenvalue weighted by Gasteiger charge is -2.46. The van der Waals surface area contributed by atoms with Crippen molar-refractivity contribution in [3.05, 3.63) is 113 Å². The minimum atomic E-state index is -0.489. The van der Waals surface area contributed by atoms with Crippen molar-refractivity contribution in [3.8, 4) is 0 Å². The van der Waals surface area contributed by atoms with Crippen LogP contribution in [0.15, 0.2) is 97.1 Å². The summed E-state index contributed by atoms with van der Waals surface area (Å²) in [6, 6.07) is 31.2. The second-order valence-corrected chi connectivity index (χ2v) is 13.8. The first-order valence-electron chi connectivity index (χ1n) is 16.1. The molecule has 4 aromatic rings. The molecule has 2 heterocycles. The topological polar surface area (TPSA) is 74.3 Å². The highest BCUT2D eigenvalue weighted by Crippen LogP contribution is 2.27. The number of halogens is 2. The fraction of sp³-hybridized carbons (Fsp3) is 0.351. The fourth-order valence-electron chi connectivity index (χ4n) is 6.62. The lowest BCUT2D eigenvalue weighted by molar-refractivity contribution is -0.0314. The molecular formula is C37H40ClIN4O4. The van der Waals surface area contributed by atoms with Crippen molar-refractivity contribution < 1.29 is 19.1 Å². The SMILES string of the molecule is COC(I)C(Cc1ccccc1)NC(=O)N1CC[C@@H](N2CCN(c3cccc(Cl)c3)CC2)[C@H](OC(=O)c2ccc3ccccc3c2)C1. The van der Waals surface area contributed by atoms with Crippen molar-refractivity contribution in [2.24, 2.45) is 0 Å².